The van der Waals surface area contributed by atoms with Crippen LogP contribution in [0.1, 0.15) is 0 Å². The van der Waals surface area contributed by atoms with Gasteiger partial charge >= 0.3 is 0 Å². The van der Waals surface area contributed by atoms with Crippen LogP contribution in [0.5, 0.6) is 0 Å². The fourth-order valence-electron chi connectivity index (χ4n) is 0.368. The second-order valence-corrected chi connectivity index (χ2v) is 2.13. The molecule has 0 aliphatic heterocycles. The van der Waals surface area contributed by atoms with Gasteiger partial charge in [-0.05, 0) is 11.6 Å². The van der Waals surface area contributed by atoms with Crippen LogP contribution >= 0.6 is 23.2 Å². The van der Waals surface area contributed by atoms with E-state index in [1.165, 1.54) is 6.20 Å². The van der Waals surface area contributed by atoms with Crippen molar-refractivity contribution in [1.29, 1.82) is 0 Å². The maximum absolute atomic E-state index is 5.55. The maximum atomic E-state index is 5.55. The maximum Gasteiger partial charge on any atom is 0.203 e. The molecule has 0 amide bonds. The predicted octanol–water partition coefficient (Wildman–Crippen LogP) is 1.73. The molecule has 0 bridgehead atoms. The molecule has 0 unspecified atom stereocenters. The molecule has 0 radical (unpaired) electrons. The third kappa shape index (κ3) is 0.812. The monoisotopic (exact) mass is 150 g/mol. The van der Waals surface area contributed by atoms with Gasteiger partial charge in [0.25, 0.3) is 0 Å². The van der Waals surface area contributed by atoms with Crippen LogP contribution in [0.15, 0.2) is 6.20 Å². The summed E-state index contributed by atoms with van der Waals surface area (Å²) in [7, 11) is 1.75. The highest BCUT2D eigenvalue weighted by atomic mass is 35.5. The van der Waals surface area contributed by atoms with E-state index >= 15 is 0 Å². The summed E-state index contributed by atoms with van der Waals surface area (Å²) in [5, 5.41) is 0.963. The smallest absolute Gasteiger partial charge is 0.203 e. The molecule has 1 aromatic heterocycles. The van der Waals surface area contributed by atoms with E-state index in [1.54, 1.807) is 11.6 Å². The van der Waals surface area contributed by atoms with E-state index < -0.39 is 0 Å². The lowest BCUT2D eigenvalue weighted by Gasteiger charge is -1.89. The van der Waals surface area contributed by atoms with E-state index in [4.69, 9.17) is 23.2 Å². The lowest BCUT2D eigenvalue weighted by Crippen LogP contribution is -1.84. The molecule has 0 N–H and O–H groups in total. The summed E-state index contributed by atoms with van der Waals surface area (Å²) in [6.45, 7) is 0. The molecule has 0 atom stereocenters. The summed E-state index contributed by atoms with van der Waals surface area (Å²) in [5.74, 6) is 0. The minimum absolute atomic E-state index is 0.412. The highest BCUT2D eigenvalue weighted by Gasteiger charge is 1.97. The van der Waals surface area contributed by atoms with E-state index in [1.807, 2.05) is 0 Å². The Kier molecular flexibility index (Phi) is 1.45. The molecule has 0 aromatic carbocycles. The van der Waals surface area contributed by atoms with Gasteiger partial charge in [0.2, 0.25) is 5.28 Å². The highest BCUT2D eigenvalue weighted by molar-refractivity contribution is 6.32. The van der Waals surface area contributed by atoms with Gasteiger partial charge in [0.1, 0.15) is 5.15 Å². The van der Waals surface area contributed by atoms with E-state index in [0.717, 1.165) is 0 Å². The summed E-state index contributed by atoms with van der Waals surface area (Å²) in [4.78, 5) is 3.71. The Morgan fingerprint density at radius 3 is 2.38 bits per heavy atom. The molecule has 0 saturated carbocycles. The molecule has 0 spiro atoms. The van der Waals surface area contributed by atoms with Crippen molar-refractivity contribution >= 4 is 23.2 Å². The van der Waals surface area contributed by atoms with Crippen molar-refractivity contribution in [3.8, 4) is 0 Å². The molecule has 0 fully saturated rings. The average Bonchev–Trinajstić information content (AvgIpc) is 1.98. The Labute approximate surface area is 57.0 Å². The second kappa shape index (κ2) is 1.96. The molecule has 0 saturated heterocycles. The second-order valence-electron chi connectivity index (χ2n) is 1.41. The number of imidazole rings is 1. The van der Waals surface area contributed by atoms with Crippen molar-refractivity contribution in [3.05, 3.63) is 16.6 Å². The van der Waals surface area contributed by atoms with Crippen LogP contribution in [0.2, 0.25) is 10.4 Å². The summed E-state index contributed by atoms with van der Waals surface area (Å²) < 4.78 is 1.59. The Hall–Kier alpha value is -0.210. The summed E-state index contributed by atoms with van der Waals surface area (Å²) in [6, 6.07) is 0. The Morgan fingerprint density at radius 1 is 1.62 bits per heavy atom. The van der Waals surface area contributed by atoms with Gasteiger partial charge in [0.05, 0.1) is 6.20 Å². The average molecular weight is 151 g/mol. The molecular weight excluding hydrogens is 147 g/mol. The normalized spacial score (nSPS) is 9.88. The molecule has 1 aromatic rings. The van der Waals surface area contributed by atoms with Gasteiger partial charge in [0.15, 0.2) is 0 Å². The standard InChI is InChI=1S/C4H4Cl2N2/c1-8-3(5)2-7-4(8)6/h2H,1H3. The van der Waals surface area contributed by atoms with Crippen molar-refractivity contribution in [2.24, 2.45) is 7.05 Å². The predicted molar refractivity (Wildman–Crippen MR) is 33.2 cm³/mol. The SMILES string of the molecule is Cn1c(Cl)cnc1Cl. The summed E-state index contributed by atoms with van der Waals surface area (Å²) in [5.41, 5.74) is 0. The number of halogens is 2. The molecule has 44 valence electrons. The Balaban J connectivity index is 3.19. The first-order chi connectivity index (χ1) is 3.72. The number of rotatable bonds is 0. The largest absolute Gasteiger partial charge is 0.309 e. The molecule has 0 aliphatic rings. The van der Waals surface area contributed by atoms with Crippen molar-refractivity contribution in [3.63, 3.8) is 0 Å². The fraction of sp³-hybridized carbons (Fsp3) is 0.250. The topological polar surface area (TPSA) is 17.8 Å². The number of nitrogens with zero attached hydrogens (tertiary/aromatic N) is 2. The van der Waals surface area contributed by atoms with Crippen LogP contribution in [0.4, 0.5) is 0 Å². The highest BCUT2D eigenvalue weighted by Crippen LogP contribution is 2.12. The molecule has 2 nitrogen and oxygen atoms in total. The quantitative estimate of drug-likeness (QED) is 0.551. The molecular formula is C4H4Cl2N2. The van der Waals surface area contributed by atoms with Crippen molar-refractivity contribution in [2.75, 3.05) is 0 Å². The molecule has 0 aliphatic carbocycles. The number of hydrogen-bond donors (Lipinski definition) is 0. The van der Waals surface area contributed by atoms with Gasteiger partial charge in [-0.3, -0.25) is 0 Å². The van der Waals surface area contributed by atoms with Gasteiger partial charge in [-0.2, -0.15) is 0 Å². The van der Waals surface area contributed by atoms with Gasteiger partial charge in [-0.25, -0.2) is 4.98 Å². The van der Waals surface area contributed by atoms with Crippen molar-refractivity contribution in [2.45, 2.75) is 0 Å². The molecule has 8 heavy (non-hydrogen) atoms. The third-order valence-electron chi connectivity index (χ3n) is 0.875. The van der Waals surface area contributed by atoms with Crippen LogP contribution in [0.3, 0.4) is 0 Å². The Morgan fingerprint density at radius 2 is 2.25 bits per heavy atom. The zero-order valence-corrected chi connectivity index (χ0v) is 5.74. The van der Waals surface area contributed by atoms with Crippen LogP contribution in [-0.4, -0.2) is 9.55 Å². The fourth-order valence-corrected chi connectivity index (χ4v) is 0.680. The Bertz CT molecular complexity index is 174. The van der Waals surface area contributed by atoms with Gasteiger partial charge in [-0.1, -0.05) is 11.6 Å². The van der Waals surface area contributed by atoms with Crippen LogP contribution in [0.25, 0.3) is 0 Å². The van der Waals surface area contributed by atoms with Gasteiger partial charge in [0, 0.05) is 7.05 Å². The third-order valence-corrected chi connectivity index (χ3v) is 1.58. The summed E-state index contributed by atoms with van der Waals surface area (Å²) >= 11 is 11.0. The van der Waals surface area contributed by atoms with Crippen molar-refractivity contribution in [1.82, 2.24) is 9.55 Å². The van der Waals surface area contributed by atoms with Crippen LogP contribution in [0, 0.1) is 0 Å². The van der Waals surface area contributed by atoms with Gasteiger partial charge < -0.3 is 4.57 Å². The summed E-state index contributed by atoms with van der Waals surface area (Å²) in [6.07, 6.45) is 1.50. The van der Waals surface area contributed by atoms with Gasteiger partial charge in [-0.15, -0.1) is 0 Å². The zero-order valence-electron chi connectivity index (χ0n) is 4.23. The van der Waals surface area contributed by atoms with E-state index in [0.29, 0.717) is 10.4 Å². The lowest BCUT2D eigenvalue weighted by atomic mass is 10.9. The zero-order chi connectivity index (χ0) is 6.15. The van der Waals surface area contributed by atoms with Crippen LogP contribution < -0.4 is 0 Å². The molecule has 1 rings (SSSR count). The minimum atomic E-state index is 0.412. The minimum Gasteiger partial charge on any atom is -0.309 e. The molecule has 1 heterocycles. The number of aromatic nitrogens is 2. The van der Waals surface area contributed by atoms with Crippen LogP contribution in [-0.2, 0) is 7.05 Å². The van der Waals surface area contributed by atoms with E-state index in [9.17, 15) is 0 Å². The lowest BCUT2D eigenvalue weighted by molar-refractivity contribution is 0.915. The molecule has 4 heteroatoms. The van der Waals surface area contributed by atoms with E-state index in [-0.39, 0.29) is 0 Å². The number of hydrogen-bond acceptors (Lipinski definition) is 1. The first-order valence-corrected chi connectivity index (χ1v) is 2.80. The van der Waals surface area contributed by atoms with Crippen molar-refractivity contribution < 1.29 is 0 Å². The van der Waals surface area contributed by atoms with E-state index in [2.05, 4.69) is 4.98 Å². The first kappa shape index (κ1) is 5.92. The first-order valence-electron chi connectivity index (χ1n) is 2.04.